The minimum Gasteiger partial charge on any atom is -0.370 e. The fourth-order valence-corrected chi connectivity index (χ4v) is 3.66. The van der Waals surface area contributed by atoms with E-state index in [-0.39, 0.29) is 17.6 Å². The number of nitro benzene ring substituents is 1. The van der Waals surface area contributed by atoms with Gasteiger partial charge in [0, 0.05) is 37.5 Å². The molecule has 0 spiro atoms. The van der Waals surface area contributed by atoms with Crippen molar-refractivity contribution in [1.82, 2.24) is 5.32 Å². The molecule has 148 valence electrons. The lowest BCUT2D eigenvalue weighted by atomic mass is 9.97. The van der Waals surface area contributed by atoms with E-state index < -0.39 is 4.92 Å². The number of aryl methyl sites for hydroxylation is 1. The van der Waals surface area contributed by atoms with Crippen LogP contribution in [0.5, 0.6) is 0 Å². The molecule has 2 amide bonds. The smallest absolute Gasteiger partial charge is 0.319 e. The van der Waals surface area contributed by atoms with E-state index in [1.54, 1.807) is 6.07 Å². The molecule has 0 aliphatic carbocycles. The number of carbonyl (C=O) groups excluding carboxylic acids is 1. The van der Waals surface area contributed by atoms with Crippen LogP contribution in [0.25, 0.3) is 0 Å². The molecule has 1 aliphatic heterocycles. The number of hydrogen-bond acceptors (Lipinski definition) is 4. The molecule has 1 heterocycles. The van der Waals surface area contributed by atoms with E-state index in [9.17, 15) is 14.9 Å². The van der Waals surface area contributed by atoms with E-state index >= 15 is 0 Å². The van der Waals surface area contributed by atoms with Crippen LogP contribution in [0.15, 0.2) is 42.5 Å². The Morgan fingerprint density at radius 1 is 1.29 bits per heavy atom. The van der Waals surface area contributed by atoms with Gasteiger partial charge < -0.3 is 15.5 Å². The number of nitro groups is 1. The maximum atomic E-state index is 12.1. The van der Waals surface area contributed by atoms with E-state index in [0.717, 1.165) is 42.9 Å². The summed E-state index contributed by atoms with van der Waals surface area (Å²) in [7, 11) is 0. The third-order valence-corrected chi connectivity index (χ3v) is 5.17. The number of halogens is 1. The first-order valence-corrected chi connectivity index (χ1v) is 9.60. The summed E-state index contributed by atoms with van der Waals surface area (Å²) in [4.78, 5) is 24.7. The first kappa shape index (κ1) is 19.9. The highest BCUT2D eigenvalue weighted by molar-refractivity contribution is 6.33. The van der Waals surface area contributed by atoms with Gasteiger partial charge in [-0.05, 0) is 43.9 Å². The normalized spacial score (nSPS) is 16.5. The van der Waals surface area contributed by atoms with E-state index in [1.807, 2.05) is 31.2 Å². The number of rotatable bonds is 5. The molecule has 0 aromatic heterocycles. The maximum Gasteiger partial charge on any atom is 0.319 e. The van der Waals surface area contributed by atoms with Crippen molar-refractivity contribution in [3.63, 3.8) is 0 Å². The van der Waals surface area contributed by atoms with Crippen LogP contribution in [0.1, 0.15) is 18.4 Å². The first-order valence-electron chi connectivity index (χ1n) is 9.23. The zero-order valence-electron chi connectivity index (χ0n) is 15.7. The number of amides is 2. The number of anilines is 2. The molecule has 1 saturated heterocycles. The standard InChI is InChI=1S/C20H23ClN4O3/c1-14-4-6-16(7-5-14)23-20(26)22-12-15-3-2-10-24(13-15)19-9-8-17(25(27)28)11-18(19)21/h4-9,11,15H,2-3,10,12-13H2,1H3,(H2,22,23,26). The van der Waals surface area contributed by atoms with Gasteiger partial charge in [-0.3, -0.25) is 10.1 Å². The quantitative estimate of drug-likeness (QED) is 0.565. The lowest BCUT2D eigenvalue weighted by molar-refractivity contribution is -0.384. The third-order valence-electron chi connectivity index (χ3n) is 4.86. The van der Waals surface area contributed by atoms with Crippen molar-refractivity contribution in [2.45, 2.75) is 19.8 Å². The van der Waals surface area contributed by atoms with Crippen molar-refractivity contribution in [3.05, 3.63) is 63.2 Å². The second-order valence-electron chi connectivity index (χ2n) is 7.05. The molecule has 28 heavy (non-hydrogen) atoms. The van der Waals surface area contributed by atoms with E-state index in [0.29, 0.717) is 11.6 Å². The van der Waals surface area contributed by atoms with Crippen LogP contribution in [0.4, 0.5) is 21.9 Å². The number of urea groups is 1. The molecule has 0 saturated carbocycles. The Balaban J connectivity index is 1.54. The van der Waals surface area contributed by atoms with Gasteiger partial charge in [0.1, 0.15) is 0 Å². The minimum absolute atomic E-state index is 0.0169. The van der Waals surface area contributed by atoms with Crippen molar-refractivity contribution in [2.75, 3.05) is 29.9 Å². The highest BCUT2D eigenvalue weighted by Gasteiger charge is 2.23. The Labute approximate surface area is 168 Å². The summed E-state index contributed by atoms with van der Waals surface area (Å²) in [6.45, 7) is 4.13. The minimum atomic E-state index is -0.453. The topological polar surface area (TPSA) is 87.5 Å². The molecule has 1 aliphatic rings. The SMILES string of the molecule is Cc1ccc(NC(=O)NCC2CCCN(c3ccc([N+](=O)[O-])cc3Cl)C2)cc1. The lowest BCUT2D eigenvalue weighted by Gasteiger charge is -2.35. The summed E-state index contributed by atoms with van der Waals surface area (Å²) in [6.07, 6.45) is 1.98. The molecule has 8 heteroatoms. The van der Waals surface area contributed by atoms with Crippen molar-refractivity contribution in [1.29, 1.82) is 0 Å². The Morgan fingerprint density at radius 3 is 2.71 bits per heavy atom. The number of carbonyl (C=O) groups is 1. The lowest BCUT2D eigenvalue weighted by Crippen LogP contribution is -2.42. The maximum absolute atomic E-state index is 12.1. The van der Waals surface area contributed by atoms with Crippen LogP contribution < -0.4 is 15.5 Å². The molecule has 1 fully saturated rings. The molecular formula is C20H23ClN4O3. The van der Waals surface area contributed by atoms with Crippen molar-refractivity contribution in [2.24, 2.45) is 5.92 Å². The molecule has 1 atom stereocenters. The molecule has 0 bridgehead atoms. The monoisotopic (exact) mass is 402 g/mol. The summed E-state index contributed by atoms with van der Waals surface area (Å²) in [5.74, 6) is 0.281. The Hall–Kier alpha value is -2.80. The van der Waals surface area contributed by atoms with Gasteiger partial charge in [0.05, 0.1) is 15.6 Å². The van der Waals surface area contributed by atoms with Gasteiger partial charge in [0.2, 0.25) is 0 Å². The predicted molar refractivity (Wildman–Crippen MR) is 111 cm³/mol. The van der Waals surface area contributed by atoms with Gasteiger partial charge in [-0.2, -0.15) is 0 Å². The van der Waals surface area contributed by atoms with Crippen molar-refractivity contribution < 1.29 is 9.72 Å². The second kappa shape index (κ2) is 8.93. The highest BCUT2D eigenvalue weighted by atomic mass is 35.5. The zero-order valence-corrected chi connectivity index (χ0v) is 16.4. The fourth-order valence-electron chi connectivity index (χ4n) is 3.37. The Kier molecular flexibility index (Phi) is 6.36. The largest absolute Gasteiger partial charge is 0.370 e. The van der Waals surface area contributed by atoms with E-state index in [2.05, 4.69) is 15.5 Å². The summed E-state index contributed by atoms with van der Waals surface area (Å²) < 4.78 is 0. The third kappa shape index (κ3) is 5.13. The van der Waals surface area contributed by atoms with Crippen LogP contribution in [0.3, 0.4) is 0 Å². The van der Waals surface area contributed by atoms with Crippen molar-refractivity contribution in [3.8, 4) is 0 Å². The summed E-state index contributed by atoms with van der Waals surface area (Å²) in [5, 5.41) is 17.0. The number of hydrogen-bond donors (Lipinski definition) is 2. The summed E-state index contributed by atoms with van der Waals surface area (Å²) in [6, 6.07) is 12.0. The molecule has 7 nitrogen and oxygen atoms in total. The summed E-state index contributed by atoms with van der Waals surface area (Å²) in [5.41, 5.74) is 2.67. The molecule has 3 rings (SSSR count). The number of nitrogens with zero attached hydrogens (tertiary/aromatic N) is 2. The van der Waals surface area contributed by atoms with Crippen LogP contribution in [-0.4, -0.2) is 30.6 Å². The van der Waals surface area contributed by atoms with Gasteiger partial charge in [0.15, 0.2) is 0 Å². The van der Waals surface area contributed by atoms with Gasteiger partial charge in [-0.1, -0.05) is 29.3 Å². The molecule has 0 radical (unpaired) electrons. The molecular weight excluding hydrogens is 380 g/mol. The van der Waals surface area contributed by atoms with Gasteiger partial charge in [-0.25, -0.2) is 4.79 Å². The van der Waals surface area contributed by atoms with Crippen LogP contribution in [0.2, 0.25) is 5.02 Å². The number of nitrogens with one attached hydrogen (secondary N) is 2. The Bertz CT molecular complexity index is 857. The molecule has 2 aromatic carbocycles. The molecule has 2 aromatic rings. The fraction of sp³-hybridized carbons (Fsp3) is 0.350. The van der Waals surface area contributed by atoms with Crippen molar-refractivity contribution >= 4 is 34.7 Å². The number of benzene rings is 2. The molecule has 2 N–H and O–H groups in total. The van der Waals surface area contributed by atoms with Crippen LogP contribution in [0, 0.1) is 23.0 Å². The van der Waals surface area contributed by atoms with Gasteiger partial charge >= 0.3 is 6.03 Å². The van der Waals surface area contributed by atoms with E-state index in [4.69, 9.17) is 11.6 Å². The predicted octanol–water partition coefficient (Wildman–Crippen LogP) is 4.59. The van der Waals surface area contributed by atoms with Gasteiger partial charge in [0.25, 0.3) is 5.69 Å². The molecule has 1 unspecified atom stereocenters. The second-order valence-corrected chi connectivity index (χ2v) is 7.46. The summed E-state index contributed by atoms with van der Waals surface area (Å²) >= 11 is 6.26. The van der Waals surface area contributed by atoms with Gasteiger partial charge in [-0.15, -0.1) is 0 Å². The first-order chi connectivity index (χ1) is 13.4. The number of non-ortho nitro benzene ring substituents is 1. The average molecular weight is 403 g/mol. The zero-order chi connectivity index (χ0) is 20.1. The van der Waals surface area contributed by atoms with E-state index in [1.165, 1.54) is 12.1 Å². The van der Waals surface area contributed by atoms with Crippen LogP contribution >= 0.6 is 11.6 Å². The Morgan fingerprint density at radius 2 is 2.04 bits per heavy atom. The highest BCUT2D eigenvalue weighted by Crippen LogP contribution is 2.32. The average Bonchev–Trinajstić information content (AvgIpc) is 2.68. The van der Waals surface area contributed by atoms with Crippen LogP contribution in [-0.2, 0) is 0 Å². The number of piperidine rings is 1.